The Labute approximate surface area is 124 Å². The first-order chi connectivity index (χ1) is 9.62. The van der Waals surface area contributed by atoms with E-state index in [-0.39, 0.29) is 0 Å². The highest BCUT2D eigenvalue weighted by Gasteiger charge is 2.18. The van der Waals surface area contributed by atoms with E-state index >= 15 is 0 Å². The second kappa shape index (κ2) is 9.11. The van der Waals surface area contributed by atoms with Crippen molar-refractivity contribution in [2.45, 2.75) is 39.3 Å². The summed E-state index contributed by atoms with van der Waals surface area (Å²) in [5, 5.41) is 3.44. The van der Waals surface area contributed by atoms with Gasteiger partial charge in [-0.2, -0.15) is 0 Å². The molecular weight excluding hydrogens is 248 g/mol. The predicted octanol–water partition coefficient (Wildman–Crippen LogP) is 3.00. The number of hydrogen-bond donors (Lipinski definition) is 1. The van der Waals surface area contributed by atoms with E-state index in [2.05, 4.69) is 55.3 Å². The molecule has 0 bridgehead atoms. The molecule has 1 aromatic carbocycles. The van der Waals surface area contributed by atoms with E-state index in [1.54, 1.807) is 7.11 Å². The summed E-state index contributed by atoms with van der Waals surface area (Å²) in [6.07, 6.45) is 1.16. The molecule has 0 radical (unpaired) electrons. The number of rotatable bonds is 9. The molecule has 3 nitrogen and oxygen atoms in total. The van der Waals surface area contributed by atoms with Gasteiger partial charge in [-0.15, -0.1) is 0 Å². The first-order valence-electron chi connectivity index (χ1n) is 7.59. The third-order valence-electron chi connectivity index (χ3n) is 4.04. The third kappa shape index (κ3) is 5.23. The van der Waals surface area contributed by atoms with Gasteiger partial charge in [0.1, 0.15) is 0 Å². The maximum atomic E-state index is 5.24. The zero-order valence-corrected chi connectivity index (χ0v) is 13.6. The van der Waals surface area contributed by atoms with Crippen LogP contribution in [0.1, 0.15) is 37.4 Å². The number of hydrogen-bond acceptors (Lipinski definition) is 3. The number of nitrogens with zero attached hydrogens (tertiary/aromatic N) is 1. The molecule has 2 unspecified atom stereocenters. The number of aryl methyl sites for hydroxylation is 1. The Hall–Kier alpha value is -0.900. The van der Waals surface area contributed by atoms with Crippen molar-refractivity contribution in [2.24, 2.45) is 0 Å². The van der Waals surface area contributed by atoms with Crippen LogP contribution in [0, 0.1) is 6.92 Å². The smallest absolute Gasteiger partial charge is 0.0589 e. The van der Waals surface area contributed by atoms with Crippen LogP contribution in [0.5, 0.6) is 0 Å². The maximum Gasteiger partial charge on any atom is 0.0589 e. The number of ether oxygens (including phenoxy) is 1. The Balaban J connectivity index is 2.74. The van der Waals surface area contributed by atoms with Gasteiger partial charge < -0.3 is 10.1 Å². The van der Waals surface area contributed by atoms with Gasteiger partial charge in [-0.3, -0.25) is 4.90 Å². The lowest BCUT2D eigenvalue weighted by Gasteiger charge is -2.32. The van der Waals surface area contributed by atoms with Crippen molar-refractivity contribution in [2.75, 3.05) is 33.9 Å². The average molecular weight is 278 g/mol. The van der Waals surface area contributed by atoms with Gasteiger partial charge >= 0.3 is 0 Å². The van der Waals surface area contributed by atoms with Gasteiger partial charge in [0.05, 0.1) is 6.61 Å². The van der Waals surface area contributed by atoms with Crippen LogP contribution in [-0.2, 0) is 4.74 Å². The van der Waals surface area contributed by atoms with E-state index in [0.717, 1.165) is 26.1 Å². The number of methoxy groups -OCH3 is 1. The molecule has 0 amide bonds. The largest absolute Gasteiger partial charge is 0.383 e. The fourth-order valence-corrected chi connectivity index (χ4v) is 2.35. The summed E-state index contributed by atoms with van der Waals surface area (Å²) >= 11 is 0. The molecule has 3 heteroatoms. The highest BCUT2D eigenvalue weighted by atomic mass is 16.5. The summed E-state index contributed by atoms with van der Waals surface area (Å²) < 4.78 is 5.24. The lowest BCUT2D eigenvalue weighted by atomic mass is 10.0. The fourth-order valence-electron chi connectivity index (χ4n) is 2.35. The summed E-state index contributed by atoms with van der Waals surface area (Å²) in [6, 6.07) is 9.75. The summed E-state index contributed by atoms with van der Waals surface area (Å²) in [4.78, 5) is 2.50. The molecule has 0 aliphatic carbocycles. The normalized spacial score (nSPS) is 14.5. The lowest BCUT2D eigenvalue weighted by Crippen LogP contribution is -2.41. The van der Waals surface area contributed by atoms with Crippen LogP contribution in [-0.4, -0.2) is 44.8 Å². The summed E-state index contributed by atoms with van der Waals surface area (Å²) in [5.74, 6) is 0. The van der Waals surface area contributed by atoms with E-state index in [1.165, 1.54) is 11.1 Å². The quantitative estimate of drug-likeness (QED) is 0.751. The van der Waals surface area contributed by atoms with Crippen molar-refractivity contribution in [3.8, 4) is 0 Å². The van der Waals surface area contributed by atoms with Gasteiger partial charge in [-0.1, -0.05) is 36.8 Å². The highest BCUT2D eigenvalue weighted by molar-refractivity contribution is 5.24. The zero-order valence-electron chi connectivity index (χ0n) is 13.6. The van der Waals surface area contributed by atoms with Crippen molar-refractivity contribution in [3.05, 3.63) is 35.4 Å². The minimum absolute atomic E-state index is 0.362. The molecule has 0 aromatic heterocycles. The molecule has 0 spiro atoms. The molecule has 20 heavy (non-hydrogen) atoms. The molecule has 1 rings (SSSR count). The Kier molecular flexibility index (Phi) is 7.82. The van der Waals surface area contributed by atoms with E-state index in [0.29, 0.717) is 12.1 Å². The Bertz CT molecular complexity index is 364. The summed E-state index contributed by atoms with van der Waals surface area (Å²) in [5.41, 5.74) is 2.66. The van der Waals surface area contributed by atoms with E-state index < -0.39 is 0 Å². The first-order valence-corrected chi connectivity index (χ1v) is 7.59. The van der Waals surface area contributed by atoms with Crippen LogP contribution >= 0.6 is 0 Å². The molecule has 114 valence electrons. The third-order valence-corrected chi connectivity index (χ3v) is 4.04. The predicted molar refractivity (Wildman–Crippen MR) is 86.2 cm³/mol. The van der Waals surface area contributed by atoms with Gasteiger partial charge in [0.2, 0.25) is 0 Å². The van der Waals surface area contributed by atoms with Crippen molar-refractivity contribution in [1.29, 1.82) is 0 Å². The zero-order chi connectivity index (χ0) is 15.0. The van der Waals surface area contributed by atoms with Crippen molar-refractivity contribution in [1.82, 2.24) is 10.2 Å². The molecule has 0 heterocycles. The van der Waals surface area contributed by atoms with Crippen molar-refractivity contribution >= 4 is 0 Å². The minimum Gasteiger partial charge on any atom is -0.383 e. The van der Waals surface area contributed by atoms with Gasteiger partial charge in [0.25, 0.3) is 0 Å². The molecule has 0 saturated carbocycles. The van der Waals surface area contributed by atoms with E-state index in [4.69, 9.17) is 4.74 Å². The van der Waals surface area contributed by atoms with Crippen LogP contribution in [0.2, 0.25) is 0 Å². The van der Waals surface area contributed by atoms with Crippen LogP contribution in [0.4, 0.5) is 0 Å². The number of likely N-dealkylation sites (N-methyl/N-ethyl adjacent to an activating group) is 1. The summed E-state index contributed by atoms with van der Waals surface area (Å²) in [6.45, 7) is 9.44. The molecule has 0 fully saturated rings. The highest BCUT2D eigenvalue weighted by Crippen LogP contribution is 2.17. The standard InChI is InChI=1S/C17H30N2O/c1-6-15(3)19(11-12-20-5)13-17(18-4)16-9-7-14(2)8-10-16/h7-10,15,17-18H,6,11-13H2,1-5H3. The molecular formula is C17H30N2O. The molecule has 0 saturated heterocycles. The summed E-state index contributed by atoms with van der Waals surface area (Å²) in [7, 11) is 3.81. The lowest BCUT2D eigenvalue weighted by molar-refractivity contribution is 0.115. The molecule has 1 N–H and O–H groups in total. The molecule has 2 atom stereocenters. The molecule has 0 aliphatic heterocycles. The first kappa shape index (κ1) is 17.2. The van der Waals surface area contributed by atoms with Crippen LogP contribution in [0.15, 0.2) is 24.3 Å². The van der Waals surface area contributed by atoms with Gasteiger partial charge in [-0.25, -0.2) is 0 Å². The van der Waals surface area contributed by atoms with Crippen LogP contribution < -0.4 is 5.32 Å². The van der Waals surface area contributed by atoms with E-state index in [1.807, 2.05) is 7.05 Å². The average Bonchev–Trinajstić information content (AvgIpc) is 2.48. The van der Waals surface area contributed by atoms with Crippen molar-refractivity contribution in [3.63, 3.8) is 0 Å². The van der Waals surface area contributed by atoms with Gasteiger partial charge in [-0.05, 0) is 32.9 Å². The SMILES string of the molecule is CCC(C)N(CCOC)CC(NC)c1ccc(C)cc1. The number of benzene rings is 1. The fraction of sp³-hybridized carbons (Fsp3) is 0.647. The van der Waals surface area contributed by atoms with Crippen molar-refractivity contribution < 1.29 is 4.74 Å². The van der Waals surface area contributed by atoms with Crippen LogP contribution in [0.25, 0.3) is 0 Å². The van der Waals surface area contributed by atoms with Gasteiger partial charge in [0, 0.05) is 32.3 Å². The molecule has 0 aliphatic rings. The molecule has 1 aromatic rings. The van der Waals surface area contributed by atoms with Gasteiger partial charge in [0.15, 0.2) is 0 Å². The number of nitrogens with one attached hydrogen (secondary N) is 1. The topological polar surface area (TPSA) is 24.5 Å². The Morgan fingerprint density at radius 2 is 1.90 bits per heavy atom. The monoisotopic (exact) mass is 278 g/mol. The minimum atomic E-state index is 0.362. The maximum absolute atomic E-state index is 5.24. The second-order valence-corrected chi connectivity index (χ2v) is 5.50. The van der Waals surface area contributed by atoms with E-state index in [9.17, 15) is 0 Å². The Morgan fingerprint density at radius 3 is 2.40 bits per heavy atom. The Morgan fingerprint density at radius 1 is 1.25 bits per heavy atom. The van der Waals surface area contributed by atoms with Crippen LogP contribution in [0.3, 0.4) is 0 Å². The second-order valence-electron chi connectivity index (χ2n) is 5.50.